The maximum Gasteiger partial charge on any atom is 0.224 e. The van der Waals surface area contributed by atoms with Gasteiger partial charge in [-0.15, -0.1) is 0 Å². The highest BCUT2D eigenvalue weighted by Gasteiger charge is 2.14. The summed E-state index contributed by atoms with van der Waals surface area (Å²) < 4.78 is 0. The Morgan fingerprint density at radius 3 is 2.30 bits per heavy atom. The summed E-state index contributed by atoms with van der Waals surface area (Å²) in [5, 5.41) is 7.04. The minimum Gasteiger partial charge on any atom is -0.351 e. The van der Waals surface area contributed by atoms with Crippen LogP contribution in [0.3, 0.4) is 0 Å². The standard InChI is InChI=1S/C24H23N9/c1-33(21-12-14-26-23(30-21)19-10-6-3-7-11-19)22-13-15-27-24(31-22)29-20(17-28-32-25)16-18-8-4-2-5-9-18/h2-15,20H,16-17H2,1H3,(H,27,29,31)/t20-/m1/s1. The first-order chi connectivity index (χ1) is 16.2. The average Bonchev–Trinajstić information content (AvgIpc) is 2.88. The van der Waals surface area contributed by atoms with Crippen molar-refractivity contribution in [3.8, 4) is 11.4 Å². The van der Waals surface area contributed by atoms with Crippen LogP contribution in [0.5, 0.6) is 0 Å². The summed E-state index contributed by atoms with van der Waals surface area (Å²) in [5.41, 5.74) is 10.9. The number of nitrogens with zero attached hydrogens (tertiary/aromatic N) is 8. The van der Waals surface area contributed by atoms with Gasteiger partial charge in [0.05, 0.1) is 0 Å². The number of aromatic nitrogens is 4. The minimum absolute atomic E-state index is 0.146. The quantitative estimate of drug-likeness (QED) is 0.223. The van der Waals surface area contributed by atoms with Gasteiger partial charge in [-0.05, 0) is 29.6 Å². The van der Waals surface area contributed by atoms with E-state index in [1.807, 2.05) is 84.7 Å². The van der Waals surface area contributed by atoms with Crippen LogP contribution in [0.1, 0.15) is 5.56 Å². The molecule has 0 unspecified atom stereocenters. The van der Waals surface area contributed by atoms with E-state index >= 15 is 0 Å². The highest BCUT2D eigenvalue weighted by molar-refractivity contribution is 5.61. The van der Waals surface area contributed by atoms with Crippen LogP contribution >= 0.6 is 0 Å². The molecule has 0 aliphatic rings. The van der Waals surface area contributed by atoms with Crippen molar-refractivity contribution in [2.45, 2.75) is 12.5 Å². The first kappa shape index (κ1) is 21.7. The third kappa shape index (κ3) is 5.81. The Kier molecular flexibility index (Phi) is 7.05. The summed E-state index contributed by atoms with van der Waals surface area (Å²) in [7, 11) is 1.89. The number of hydrogen-bond acceptors (Lipinski definition) is 7. The maximum atomic E-state index is 8.78. The molecule has 0 amide bonds. The highest BCUT2D eigenvalue weighted by Crippen LogP contribution is 2.23. The fraction of sp³-hybridized carbons (Fsp3) is 0.167. The normalized spacial score (nSPS) is 11.3. The number of rotatable bonds is 9. The van der Waals surface area contributed by atoms with Gasteiger partial charge in [0.15, 0.2) is 5.82 Å². The predicted molar refractivity (Wildman–Crippen MR) is 129 cm³/mol. The molecule has 4 aromatic rings. The van der Waals surface area contributed by atoms with Crippen LogP contribution in [0.2, 0.25) is 0 Å². The summed E-state index contributed by atoms with van der Waals surface area (Å²) in [5.74, 6) is 2.48. The smallest absolute Gasteiger partial charge is 0.224 e. The van der Waals surface area contributed by atoms with Gasteiger partial charge >= 0.3 is 0 Å². The van der Waals surface area contributed by atoms with E-state index in [1.54, 1.807) is 12.4 Å². The SMILES string of the molecule is CN(c1ccnc(N[C@@H](CN=[N+]=[N-])Cc2ccccc2)n1)c1ccnc(-c2ccccc2)n1. The number of benzene rings is 2. The van der Waals surface area contributed by atoms with Gasteiger partial charge < -0.3 is 10.2 Å². The van der Waals surface area contributed by atoms with Gasteiger partial charge in [0.25, 0.3) is 0 Å². The fourth-order valence-corrected chi connectivity index (χ4v) is 3.36. The highest BCUT2D eigenvalue weighted by atomic mass is 15.3. The molecule has 0 saturated carbocycles. The van der Waals surface area contributed by atoms with Crippen LogP contribution in [0.4, 0.5) is 17.6 Å². The third-order valence-electron chi connectivity index (χ3n) is 5.02. The summed E-state index contributed by atoms with van der Waals surface area (Å²) in [6.45, 7) is 0.279. The predicted octanol–water partition coefficient (Wildman–Crippen LogP) is 5.04. The van der Waals surface area contributed by atoms with Gasteiger partial charge in [-0.2, -0.15) is 4.98 Å². The second-order valence-electron chi connectivity index (χ2n) is 7.35. The van der Waals surface area contributed by atoms with Crippen molar-refractivity contribution >= 4 is 17.6 Å². The number of azide groups is 1. The van der Waals surface area contributed by atoms with E-state index in [9.17, 15) is 0 Å². The first-order valence-electron chi connectivity index (χ1n) is 10.5. The molecule has 2 aromatic carbocycles. The molecule has 9 heteroatoms. The van der Waals surface area contributed by atoms with Crippen molar-refractivity contribution in [1.29, 1.82) is 0 Å². The Morgan fingerprint density at radius 2 is 1.58 bits per heavy atom. The minimum atomic E-state index is -0.146. The lowest BCUT2D eigenvalue weighted by Crippen LogP contribution is -2.27. The van der Waals surface area contributed by atoms with Gasteiger partial charge in [0.2, 0.25) is 5.95 Å². The van der Waals surface area contributed by atoms with E-state index in [-0.39, 0.29) is 12.6 Å². The molecule has 9 nitrogen and oxygen atoms in total. The van der Waals surface area contributed by atoms with Crippen molar-refractivity contribution in [2.24, 2.45) is 5.11 Å². The molecule has 0 aliphatic heterocycles. The number of anilines is 3. The van der Waals surface area contributed by atoms with E-state index in [4.69, 9.17) is 5.53 Å². The zero-order chi connectivity index (χ0) is 22.9. The molecule has 1 N–H and O–H groups in total. The van der Waals surface area contributed by atoms with Gasteiger partial charge in [0.1, 0.15) is 11.6 Å². The van der Waals surface area contributed by atoms with Gasteiger partial charge in [-0.1, -0.05) is 65.8 Å². The Bertz CT molecular complexity index is 1220. The molecule has 2 heterocycles. The van der Waals surface area contributed by atoms with E-state index in [1.165, 1.54) is 0 Å². The van der Waals surface area contributed by atoms with Crippen LogP contribution in [0.25, 0.3) is 21.8 Å². The van der Waals surface area contributed by atoms with Crippen molar-refractivity contribution < 1.29 is 0 Å². The van der Waals surface area contributed by atoms with Gasteiger partial charge in [-0.25, -0.2) is 15.0 Å². The lowest BCUT2D eigenvalue weighted by atomic mass is 10.1. The van der Waals surface area contributed by atoms with Crippen molar-refractivity contribution in [3.63, 3.8) is 0 Å². The summed E-state index contributed by atoms with van der Waals surface area (Å²) in [4.78, 5) is 22.9. The molecule has 0 aliphatic carbocycles. The Morgan fingerprint density at radius 1 is 0.909 bits per heavy atom. The lowest BCUT2D eigenvalue weighted by molar-refractivity contribution is 0.712. The molecule has 33 heavy (non-hydrogen) atoms. The van der Waals surface area contributed by atoms with Crippen molar-refractivity contribution in [2.75, 3.05) is 23.8 Å². The Balaban J connectivity index is 1.53. The summed E-state index contributed by atoms with van der Waals surface area (Å²) >= 11 is 0. The molecule has 4 rings (SSSR count). The van der Waals surface area contributed by atoms with Crippen LogP contribution in [-0.4, -0.2) is 39.6 Å². The molecule has 0 saturated heterocycles. The molecule has 2 aromatic heterocycles. The molecule has 1 atom stereocenters. The van der Waals surface area contributed by atoms with Crippen LogP contribution in [0.15, 0.2) is 90.3 Å². The number of hydrogen-bond donors (Lipinski definition) is 1. The average molecular weight is 438 g/mol. The van der Waals surface area contributed by atoms with Gasteiger partial charge in [0, 0.05) is 42.5 Å². The number of nitrogens with one attached hydrogen (secondary N) is 1. The van der Waals surface area contributed by atoms with Crippen molar-refractivity contribution in [1.82, 2.24) is 19.9 Å². The van der Waals surface area contributed by atoms with Gasteiger partial charge in [-0.3, -0.25) is 0 Å². The van der Waals surface area contributed by atoms with Crippen LogP contribution in [-0.2, 0) is 6.42 Å². The molecular weight excluding hydrogens is 414 g/mol. The Hall–Kier alpha value is -4.49. The monoisotopic (exact) mass is 437 g/mol. The summed E-state index contributed by atoms with van der Waals surface area (Å²) in [6.07, 6.45) is 4.10. The zero-order valence-corrected chi connectivity index (χ0v) is 18.2. The largest absolute Gasteiger partial charge is 0.351 e. The second kappa shape index (κ2) is 10.7. The second-order valence-corrected chi connectivity index (χ2v) is 7.35. The first-order valence-corrected chi connectivity index (χ1v) is 10.5. The molecule has 0 bridgehead atoms. The van der Waals surface area contributed by atoms with E-state index in [2.05, 4.69) is 35.3 Å². The Labute approximate surface area is 191 Å². The van der Waals surface area contributed by atoms with E-state index < -0.39 is 0 Å². The van der Waals surface area contributed by atoms with E-state index in [0.717, 1.165) is 11.1 Å². The fourth-order valence-electron chi connectivity index (χ4n) is 3.36. The molecule has 0 fully saturated rings. The summed E-state index contributed by atoms with van der Waals surface area (Å²) in [6, 6.07) is 23.3. The lowest BCUT2D eigenvalue weighted by Gasteiger charge is -2.20. The molecule has 164 valence electrons. The zero-order valence-electron chi connectivity index (χ0n) is 18.2. The van der Waals surface area contributed by atoms with Crippen molar-refractivity contribution in [3.05, 3.63) is 101 Å². The van der Waals surface area contributed by atoms with Crippen LogP contribution in [0, 0.1) is 0 Å². The van der Waals surface area contributed by atoms with E-state index in [0.29, 0.717) is 29.8 Å². The third-order valence-corrected chi connectivity index (χ3v) is 5.02. The molecule has 0 radical (unpaired) electrons. The molecule has 0 spiro atoms. The van der Waals surface area contributed by atoms with Crippen LogP contribution < -0.4 is 10.2 Å². The topological polar surface area (TPSA) is 116 Å². The maximum absolute atomic E-state index is 8.78. The molecular formula is C24H23N9.